The van der Waals surface area contributed by atoms with Crippen LogP contribution in [-0.2, 0) is 6.54 Å². The molecule has 0 aliphatic rings. The summed E-state index contributed by atoms with van der Waals surface area (Å²) in [5.74, 6) is 0.754. The van der Waals surface area contributed by atoms with Gasteiger partial charge in [0.2, 0.25) is 0 Å². The Labute approximate surface area is 142 Å². The summed E-state index contributed by atoms with van der Waals surface area (Å²) in [6.07, 6.45) is 1.62. The number of carbonyl (C=O) groups is 1. The molecule has 3 rings (SSSR count). The molecule has 124 valence electrons. The predicted molar refractivity (Wildman–Crippen MR) is 87.1 cm³/mol. The zero-order chi connectivity index (χ0) is 16.9. The zero-order valence-corrected chi connectivity index (χ0v) is 13.5. The van der Waals surface area contributed by atoms with Crippen LogP contribution in [0.5, 0.6) is 0 Å². The van der Waals surface area contributed by atoms with E-state index in [-0.39, 0.29) is 6.03 Å². The van der Waals surface area contributed by atoms with E-state index in [1.54, 1.807) is 43.5 Å². The molecule has 0 aliphatic carbocycles. The van der Waals surface area contributed by atoms with Crippen molar-refractivity contribution in [2.45, 2.75) is 19.5 Å². The summed E-state index contributed by atoms with van der Waals surface area (Å²) < 4.78 is 5.22. The third kappa shape index (κ3) is 3.90. The highest BCUT2D eigenvalue weighted by Crippen LogP contribution is 2.21. The van der Waals surface area contributed by atoms with Crippen LogP contribution in [0.25, 0.3) is 11.5 Å². The average molecular weight is 347 g/mol. The fourth-order valence-corrected chi connectivity index (χ4v) is 2.12. The van der Waals surface area contributed by atoms with Crippen molar-refractivity contribution in [2.24, 2.45) is 0 Å². The van der Waals surface area contributed by atoms with E-state index < -0.39 is 6.04 Å². The Balaban J connectivity index is 1.58. The highest BCUT2D eigenvalue weighted by molar-refractivity contribution is 6.30. The fourth-order valence-electron chi connectivity index (χ4n) is 1.99. The van der Waals surface area contributed by atoms with Gasteiger partial charge in [0.1, 0.15) is 0 Å². The number of aromatic amines is 1. The third-order valence-corrected chi connectivity index (χ3v) is 3.52. The number of H-pyrrole nitrogens is 1. The van der Waals surface area contributed by atoms with Crippen LogP contribution in [0.2, 0.25) is 5.02 Å². The van der Waals surface area contributed by atoms with E-state index in [1.165, 1.54) is 0 Å². The summed E-state index contributed by atoms with van der Waals surface area (Å²) in [5, 5.41) is 16.5. The SMILES string of the molecule is CC(NC(=O)NCc1ccn[nH]1)c1noc(-c2ccc(Cl)cc2)n1. The van der Waals surface area contributed by atoms with Crippen molar-refractivity contribution in [3.8, 4) is 11.5 Å². The molecule has 2 aromatic heterocycles. The number of hydrogen-bond donors (Lipinski definition) is 3. The minimum absolute atomic E-state index is 0.338. The van der Waals surface area contributed by atoms with E-state index in [2.05, 4.69) is 31.0 Å². The van der Waals surface area contributed by atoms with Gasteiger partial charge in [0, 0.05) is 16.8 Å². The van der Waals surface area contributed by atoms with E-state index in [0.717, 1.165) is 11.3 Å². The number of nitrogens with one attached hydrogen (secondary N) is 3. The van der Waals surface area contributed by atoms with Gasteiger partial charge in [0.25, 0.3) is 5.89 Å². The Morgan fingerprint density at radius 3 is 2.83 bits per heavy atom. The lowest BCUT2D eigenvalue weighted by Crippen LogP contribution is -2.37. The Morgan fingerprint density at radius 1 is 1.33 bits per heavy atom. The van der Waals surface area contributed by atoms with E-state index >= 15 is 0 Å². The molecule has 2 amide bonds. The zero-order valence-electron chi connectivity index (χ0n) is 12.8. The summed E-state index contributed by atoms with van der Waals surface area (Å²) in [7, 11) is 0. The van der Waals surface area contributed by atoms with Crippen LogP contribution in [0.15, 0.2) is 41.1 Å². The normalized spacial score (nSPS) is 11.9. The maximum Gasteiger partial charge on any atom is 0.315 e. The molecule has 0 fully saturated rings. The molecule has 24 heavy (non-hydrogen) atoms. The largest absolute Gasteiger partial charge is 0.334 e. The molecule has 1 unspecified atom stereocenters. The summed E-state index contributed by atoms with van der Waals surface area (Å²) in [4.78, 5) is 16.2. The molecule has 0 radical (unpaired) electrons. The number of aromatic nitrogens is 4. The van der Waals surface area contributed by atoms with Crippen molar-refractivity contribution in [2.75, 3.05) is 0 Å². The van der Waals surface area contributed by atoms with Crippen LogP contribution in [0, 0.1) is 0 Å². The second kappa shape index (κ2) is 7.14. The van der Waals surface area contributed by atoms with Gasteiger partial charge in [-0.2, -0.15) is 10.1 Å². The molecule has 9 heteroatoms. The standard InChI is InChI=1S/C15H15ClN6O2/c1-9(19-15(23)17-8-12-6-7-18-21-12)13-20-14(24-22-13)10-2-4-11(16)5-3-10/h2-7,9H,8H2,1H3,(H,18,21)(H2,17,19,23). The summed E-state index contributed by atoms with van der Waals surface area (Å²) >= 11 is 5.85. The molecule has 8 nitrogen and oxygen atoms in total. The van der Waals surface area contributed by atoms with Gasteiger partial charge in [-0.3, -0.25) is 5.10 Å². The maximum absolute atomic E-state index is 11.9. The maximum atomic E-state index is 11.9. The summed E-state index contributed by atoms with van der Waals surface area (Å²) in [6.45, 7) is 2.12. The van der Waals surface area contributed by atoms with Crippen molar-refractivity contribution in [3.63, 3.8) is 0 Å². The van der Waals surface area contributed by atoms with Crippen LogP contribution >= 0.6 is 11.6 Å². The van der Waals surface area contributed by atoms with Gasteiger partial charge < -0.3 is 15.2 Å². The van der Waals surface area contributed by atoms with Gasteiger partial charge in [-0.05, 0) is 37.3 Å². The predicted octanol–water partition coefficient (Wildman–Crippen LogP) is 2.67. The number of halogens is 1. The second-order valence-electron chi connectivity index (χ2n) is 5.10. The van der Waals surface area contributed by atoms with Gasteiger partial charge >= 0.3 is 6.03 Å². The second-order valence-corrected chi connectivity index (χ2v) is 5.53. The van der Waals surface area contributed by atoms with E-state index in [1.807, 2.05) is 0 Å². The monoisotopic (exact) mass is 346 g/mol. The molecule has 1 atom stereocenters. The van der Waals surface area contributed by atoms with Gasteiger partial charge in [0.05, 0.1) is 18.3 Å². The molecule has 0 spiro atoms. The molecule has 0 aliphatic heterocycles. The van der Waals surface area contributed by atoms with Crippen LogP contribution in [0.3, 0.4) is 0 Å². The fraction of sp³-hybridized carbons (Fsp3) is 0.200. The van der Waals surface area contributed by atoms with Gasteiger partial charge in [-0.25, -0.2) is 4.79 Å². The molecule has 2 heterocycles. The van der Waals surface area contributed by atoms with Crippen molar-refractivity contribution in [1.29, 1.82) is 0 Å². The lowest BCUT2D eigenvalue weighted by molar-refractivity contribution is 0.236. The molecule has 0 saturated heterocycles. The van der Waals surface area contributed by atoms with Crippen LogP contribution in [-0.4, -0.2) is 26.4 Å². The molecule has 3 aromatic rings. The van der Waals surface area contributed by atoms with Crippen LogP contribution < -0.4 is 10.6 Å². The number of urea groups is 1. The number of carbonyl (C=O) groups excluding carboxylic acids is 1. The topological polar surface area (TPSA) is 109 Å². The van der Waals surface area contributed by atoms with E-state index in [9.17, 15) is 4.79 Å². The molecule has 0 saturated carbocycles. The Bertz CT molecular complexity index is 800. The van der Waals surface area contributed by atoms with E-state index in [4.69, 9.17) is 16.1 Å². The lowest BCUT2D eigenvalue weighted by Gasteiger charge is -2.10. The molecule has 3 N–H and O–H groups in total. The highest BCUT2D eigenvalue weighted by Gasteiger charge is 2.16. The van der Waals surface area contributed by atoms with Crippen LogP contribution in [0.1, 0.15) is 24.5 Å². The number of nitrogens with zero attached hydrogens (tertiary/aromatic N) is 3. The van der Waals surface area contributed by atoms with Gasteiger partial charge in [-0.1, -0.05) is 16.8 Å². The quantitative estimate of drug-likeness (QED) is 0.658. The smallest absolute Gasteiger partial charge is 0.315 e. The third-order valence-electron chi connectivity index (χ3n) is 3.27. The minimum atomic E-state index is -0.406. The number of benzene rings is 1. The van der Waals surface area contributed by atoms with Gasteiger partial charge in [0.15, 0.2) is 5.82 Å². The van der Waals surface area contributed by atoms with Crippen molar-refractivity contribution >= 4 is 17.6 Å². The van der Waals surface area contributed by atoms with Crippen LogP contribution in [0.4, 0.5) is 4.79 Å². The number of amides is 2. The van der Waals surface area contributed by atoms with Crippen molar-refractivity contribution in [1.82, 2.24) is 31.0 Å². The average Bonchev–Trinajstić information content (AvgIpc) is 3.25. The first-order chi connectivity index (χ1) is 11.6. The summed E-state index contributed by atoms with van der Waals surface area (Å²) in [5.41, 5.74) is 1.57. The van der Waals surface area contributed by atoms with E-state index in [0.29, 0.717) is 23.3 Å². The molecular weight excluding hydrogens is 332 g/mol. The molecule has 0 bridgehead atoms. The Morgan fingerprint density at radius 2 is 2.12 bits per heavy atom. The van der Waals surface area contributed by atoms with Gasteiger partial charge in [-0.15, -0.1) is 0 Å². The Hall–Kier alpha value is -2.87. The molecular formula is C15H15ClN6O2. The lowest BCUT2D eigenvalue weighted by atomic mass is 10.2. The minimum Gasteiger partial charge on any atom is -0.334 e. The Kier molecular flexibility index (Phi) is 4.76. The first kappa shape index (κ1) is 16.0. The number of hydrogen-bond acceptors (Lipinski definition) is 5. The highest BCUT2D eigenvalue weighted by atomic mass is 35.5. The van der Waals surface area contributed by atoms with Crippen molar-refractivity contribution < 1.29 is 9.32 Å². The first-order valence-electron chi connectivity index (χ1n) is 7.24. The molecule has 1 aromatic carbocycles. The van der Waals surface area contributed by atoms with Crippen molar-refractivity contribution in [3.05, 3.63) is 53.1 Å². The summed E-state index contributed by atoms with van der Waals surface area (Å²) in [6, 6.07) is 8.09. The number of rotatable bonds is 5. The first-order valence-corrected chi connectivity index (χ1v) is 7.62.